The van der Waals surface area contributed by atoms with E-state index >= 15 is 0 Å². The highest BCUT2D eigenvalue weighted by atomic mass is 16.5. The molecule has 2 amide bonds. The number of carbonyl (C=O) groups excluding carboxylic acids is 3. The molecule has 0 aliphatic heterocycles. The Morgan fingerprint density at radius 2 is 2.00 bits per heavy atom. The molecule has 4 atom stereocenters. The first-order valence-electron chi connectivity index (χ1n) is 7.27. The lowest BCUT2D eigenvalue weighted by Gasteiger charge is -2.31. The van der Waals surface area contributed by atoms with Crippen LogP contribution in [0, 0.1) is 11.8 Å². The van der Waals surface area contributed by atoms with Gasteiger partial charge in [-0.15, -0.1) is 0 Å². The van der Waals surface area contributed by atoms with E-state index in [4.69, 9.17) is 5.21 Å². The van der Waals surface area contributed by atoms with Gasteiger partial charge in [0.15, 0.2) is 5.78 Å². The summed E-state index contributed by atoms with van der Waals surface area (Å²) < 4.78 is 0. The number of allylic oxidation sites excluding steroid dienone is 4. The molecule has 0 spiro atoms. The zero-order valence-corrected chi connectivity index (χ0v) is 13.0. The molecule has 0 aromatic heterocycles. The maximum atomic E-state index is 11.6. The van der Waals surface area contributed by atoms with Crippen LogP contribution in [0.5, 0.6) is 0 Å². The number of nitrogens with two attached hydrogens (primary N) is 1. The number of aliphatic hydroxyl groups excluding tert-OH is 2. The maximum Gasteiger partial charge on any atom is 0.335 e. The summed E-state index contributed by atoms with van der Waals surface area (Å²) in [7, 11) is 0. The minimum absolute atomic E-state index is 0.231. The quantitative estimate of drug-likeness (QED) is 0.158. The zero-order chi connectivity index (χ0) is 17.8. The monoisotopic (exact) mass is 328 g/mol. The van der Waals surface area contributed by atoms with E-state index < -0.39 is 29.9 Å². The summed E-state index contributed by atoms with van der Waals surface area (Å²) >= 11 is 0. The van der Waals surface area contributed by atoms with Crippen LogP contribution in [0.4, 0.5) is 4.79 Å². The molecule has 0 heterocycles. The number of carbonyl (C=O) groups is 3. The average molecular weight is 328 g/mol. The first-order chi connectivity index (χ1) is 10.9. The molecule has 4 unspecified atom stereocenters. The molecule has 1 aliphatic carbocycles. The Hall–Kier alpha value is -2.03. The van der Waals surface area contributed by atoms with Gasteiger partial charge in [0, 0.05) is 0 Å². The number of ketones is 1. The molecule has 0 saturated heterocycles. The van der Waals surface area contributed by atoms with E-state index in [1.807, 2.05) is 12.2 Å². The molecule has 6 N–H and O–H groups in total. The Bertz CT molecular complexity index is 449. The Balaban J connectivity index is 0.000000841. The van der Waals surface area contributed by atoms with Gasteiger partial charge in [0.25, 0.3) is 0 Å². The summed E-state index contributed by atoms with van der Waals surface area (Å²) in [5.74, 6) is -1.77. The number of aliphatic hydroxyl groups is 2. The standard InChI is InChI=1S/C14H20O4.CH4N2O2/c1-2-3-4-5-6-7-10-8-12(16)14(18)13(17)11(10)9-15;2-1(4)3-5/h4-7,9-12,14,16,18H,2-3,8H2,1H3;5H,(H3,2,3,4). The molecule has 1 aliphatic rings. The molecule has 1 fully saturated rings. The number of Topliss-reactive ketones (excluding diaryl/α,β-unsaturated/α-hetero) is 1. The van der Waals surface area contributed by atoms with E-state index in [-0.39, 0.29) is 12.3 Å². The van der Waals surface area contributed by atoms with Crippen molar-refractivity contribution >= 4 is 18.1 Å². The van der Waals surface area contributed by atoms with Crippen molar-refractivity contribution in [2.75, 3.05) is 0 Å². The Kier molecular flexibility index (Phi) is 10.5. The van der Waals surface area contributed by atoms with Crippen molar-refractivity contribution in [3.8, 4) is 0 Å². The molecule has 130 valence electrons. The number of unbranched alkanes of at least 4 members (excludes halogenated alkanes) is 1. The van der Waals surface area contributed by atoms with Gasteiger partial charge in [-0.3, -0.25) is 10.0 Å². The van der Waals surface area contributed by atoms with Crippen molar-refractivity contribution in [1.82, 2.24) is 5.48 Å². The van der Waals surface area contributed by atoms with Gasteiger partial charge >= 0.3 is 6.03 Å². The highest BCUT2D eigenvalue weighted by Crippen LogP contribution is 2.28. The number of nitrogens with one attached hydrogen (secondary N) is 1. The van der Waals surface area contributed by atoms with E-state index in [0.29, 0.717) is 6.29 Å². The van der Waals surface area contributed by atoms with Crippen LogP contribution >= 0.6 is 0 Å². The van der Waals surface area contributed by atoms with Crippen LogP contribution in [-0.2, 0) is 9.59 Å². The largest absolute Gasteiger partial charge is 0.390 e. The van der Waals surface area contributed by atoms with Gasteiger partial charge < -0.3 is 20.7 Å². The molecule has 0 aromatic rings. The third-order valence-corrected chi connectivity index (χ3v) is 3.28. The third kappa shape index (κ3) is 7.68. The fourth-order valence-electron chi connectivity index (χ4n) is 2.07. The van der Waals surface area contributed by atoms with Crippen molar-refractivity contribution in [2.45, 2.75) is 38.4 Å². The first kappa shape index (κ1) is 21.0. The molecule has 23 heavy (non-hydrogen) atoms. The summed E-state index contributed by atoms with van der Waals surface area (Å²) in [5, 5.41) is 26.4. The Morgan fingerprint density at radius 3 is 2.48 bits per heavy atom. The van der Waals surface area contributed by atoms with Gasteiger partial charge in [-0.05, 0) is 18.8 Å². The molecular formula is C15H24N2O6. The van der Waals surface area contributed by atoms with Gasteiger partial charge in [-0.1, -0.05) is 37.6 Å². The molecule has 0 radical (unpaired) electrons. The van der Waals surface area contributed by atoms with Gasteiger partial charge in [0.1, 0.15) is 12.4 Å². The van der Waals surface area contributed by atoms with E-state index in [0.717, 1.165) is 12.8 Å². The van der Waals surface area contributed by atoms with E-state index in [9.17, 15) is 24.6 Å². The maximum absolute atomic E-state index is 11.6. The van der Waals surface area contributed by atoms with Gasteiger partial charge in [0.05, 0.1) is 12.0 Å². The van der Waals surface area contributed by atoms with E-state index in [1.54, 1.807) is 12.2 Å². The molecule has 0 aromatic carbocycles. The summed E-state index contributed by atoms with van der Waals surface area (Å²) in [6.07, 6.45) is 7.72. The Morgan fingerprint density at radius 1 is 1.39 bits per heavy atom. The minimum atomic E-state index is -1.43. The summed E-state index contributed by atoms with van der Waals surface area (Å²) in [5.41, 5.74) is 5.46. The highest BCUT2D eigenvalue weighted by Gasteiger charge is 2.41. The third-order valence-electron chi connectivity index (χ3n) is 3.28. The summed E-state index contributed by atoms with van der Waals surface area (Å²) in [6.45, 7) is 2.08. The zero-order valence-electron chi connectivity index (χ0n) is 13.0. The number of hydrogen-bond acceptors (Lipinski definition) is 6. The van der Waals surface area contributed by atoms with Crippen molar-refractivity contribution < 1.29 is 29.8 Å². The predicted molar refractivity (Wildman–Crippen MR) is 82.4 cm³/mol. The number of hydrogen-bond donors (Lipinski definition) is 5. The molecule has 1 saturated carbocycles. The van der Waals surface area contributed by atoms with Crippen LogP contribution in [0.1, 0.15) is 26.2 Å². The lowest BCUT2D eigenvalue weighted by molar-refractivity contribution is -0.146. The molecule has 8 heteroatoms. The van der Waals surface area contributed by atoms with Crippen molar-refractivity contribution in [2.24, 2.45) is 17.6 Å². The van der Waals surface area contributed by atoms with Crippen LogP contribution in [-0.4, -0.2) is 45.7 Å². The van der Waals surface area contributed by atoms with Crippen LogP contribution in [0.2, 0.25) is 0 Å². The SMILES string of the molecule is CCCC=CC=CC1CC(O)C(O)C(=O)C1C=O.NC(=O)NO. The number of urea groups is 1. The number of primary amides is 1. The second-order valence-electron chi connectivity index (χ2n) is 5.05. The van der Waals surface area contributed by atoms with Crippen LogP contribution in [0.15, 0.2) is 24.3 Å². The van der Waals surface area contributed by atoms with Gasteiger partial charge in [0.2, 0.25) is 0 Å². The van der Waals surface area contributed by atoms with Crippen LogP contribution in [0.3, 0.4) is 0 Å². The van der Waals surface area contributed by atoms with Crippen molar-refractivity contribution in [1.29, 1.82) is 0 Å². The Labute approximate surface area is 134 Å². The van der Waals surface area contributed by atoms with Crippen LogP contribution in [0.25, 0.3) is 0 Å². The lowest BCUT2D eigenvalue weighted by atomic mass is 9.76. The predicted octanol–water partition coefficient (Wildman–Crippen LogP) is 0.0687. The summed E-state index contributed by atoms with van der Waals surface area (Å²) in [6, 6.07) is -0.940. The van der Waals surface area contributed by atoms with Gasteiger partial charge in [-0.2, -0.15) is 0 Å². The molecule has 1 rings (SSSR count). The first-order valence-corrected chi connectivity index (χ1v) is 7.27. The summed E-state index contributed by atoms with van der Waals surface area (Å²) in [4.78, 5) is 31.8. The smallest absolute Gasteiger partial charge is 0.335 e. The van der Waals surface area contributed by atoms with Crippen molar-refractivity contribution in [3.05, 3.63) is 24.3 Å². The second kappa shape index (κ2) is 11.5. The fraction of sp³-hybridized carbons (Fsp3) is 0.533. The van der Waals surface area contributed by atoms with E-state index in [2.05, 4.69) is 12.7 Å². The second-order valence-corrected chi connectivity index (χ2v) is 5.05. The molecule has 0 bridgehead atoms. The number of rotatable bonds is 5. The minimum Gasteiger partial charge on any atom is -0.390 e. The highest BCUT2D eigenvalue weighted by molar-refractivity contribution is 5.97. The van der Waals surface area contributed by atoms with E-state index in [1.165, 1.54) is 5.48 Å². The normalized spacial score (nSPS) is 27.6. The van der Waals surface area contributed by atoms with Gasteiger partial charge in [-0.25, -0.2) is 10.3 Å². The number of aldehydes is 1. The molecule has 8 nitrogen and oxygen atoms in total. The lowest BCUT2D eigenvalue weighted by Crippen LogP contribution is -2.47. The number of amides is 2. The number of hydroxylamine groups is 1. The van der Waals surface area contributed by atoms with Crippen LogP contribution < -0.4 is 11.2 Å². The average Bonchev–Trinajstić information content (AvgIpc) is 2.53. The molecular weight excluding hydrogens is 304 g/mol. The topological polar surface area (TPSA) is 150 Å². The van der Waals surface area contributed by atoms with Crippen molar-refractivity contribution in [3.63, 3.8) is 0 Å². The fourth-order valence-corrected chi connectivity index (χ4v) is 2.07.